The van der Waals surface area contributed by atoms with Crippen LogP contribution in [-0.4, -0.2) is 37.4 Å². The van der Waals surface area contributed by atoms with Gasteiger partial charge in [0, 0.05) is 19.1 Å². The fourth-order valence-electron chi connectivity index (χ4n) is 1.94. The number of anilines is 1. The topological polar surface area (TPSA) is 58.6 Å². The first-order chi connectivity index (χ1) is 11.4. The zero-order valence-electron chi connectivity index (χ0n) is 13.2. The lowest BCUT2D eigenvalue weighted by molar-refractivity contribution is -0.118. The molecule has 2 amide bonds. The second kappa shape index (κ2) is 8.17. The minimum absolute atomic E-state index is 0.188. The standard InChI is InChI=1S/C17H16BrClN2O3/c1-21(2)17(23)12-5-3-4-6-14(12)20-16(22)10-24-15-8-7-11(19)9-13(15)18/h3-9H,10H2,1-2H3,(H,20,22). The van der Waals surface area contributed by atoms with Gasteiger partial charge in [-0.1, -0.05) is 23.7 Å². The molecular formula is C17H16BrClN2O3. The summed E-state index contributed by atoms with van der Waals surface area (Å²) in [5, 5.41) is 3.26. The Morgan fingerprint density at radius 1 is 1.21 bits per heavy atom. The molecule has 2 aromatic rings. The van der Waals surface area contributed by atoms with Gasteiger partial charge < -0.3 is 15.0 Å². The average molecular weight is 412 g/mol. The van der Waals surface area contributed by atoms with Crippen LogP contribution in [0.1, 0.15) is 10.4 Å². The van der Waals surface area contributed by atoms with E-state index in [1.54, 1.807) is 56.6 Å². The zero-order chi connectivity index (χ0) is 17.7. The fraction of sp³-hybridized carbons (Fsp3) is 0.176. The second-order valence-corrected chi connectivity index (χ2v) is 6.45. The van der Waals surface area contributed by atoms with Gasteiger partial charge in [0.2, 0.25) is 0 Å². The summed E-state index contributed by atoms with van der Waals surface area (Å²) in [4.78, 5) is 25.7. The largest absolute Gasteiger partial charge is 0.483 e. The maximum Gasteiger partial charge on any atom is 0.262 e. The summed E-state index contributed by atoms with van der Waals surface area (Å²) >= 11 is 9.18. The Morgan fingerprint density at radius 2 is 1.92 bits per heavy atom. The lowest BCUT2D eigenvalue weighted by Gasteiger charge is -2.15. The molecule has 0 aliphatic rings. The van der Waals surface area contributed by atoms with Crippen LogP contribution in [0.5, 0.6) is 5.75 Å². The first kappa shape index (κ1) is 18.3. The molecule has 24 heavy (non-hydrogen) atoms. The molecule has 0 bridgehead atoms. The number of carbonyl (C=O) groups is 2. The van der Waals surface area contributed by atoms with Crippen molar-refractivity contribution in [3.05, 3.63) is 57.5 Å². The van der Waals surface area contributed by atoms with E-state index in [0.717, 1.165) is 0 Å². The summed E-state index contributed by atoms with van der Waals surface area (Å²) < 4.78 is 6.12. The molecule has 0 heterocycles. The van der Waals surface area contributed by atoms with Crippen LogP contribution < -0.4 is 10.1 Å². The monoisotopic (exact) mass is 410 g/mol. The fourth-order valence-corrected chi connectivity index (χ4v) is 2.74. The van der Waals surface area contributed by atoms with E-state index in [4.69, 9.17) is 16.3 Å². The van der Waals surface area contributed by atoms with Crippen molar-refractivity contribution in [1.29, 1.82) is 0 Å². The van der Waals surface area contributed by atoms with Crippen molar-refractivity contribution in [2.45, 2.75) is 0 Å². The Hall–Kier alpha value is -2.05. The van der Waals surface area contributed by atoms with Gasteiger partial charge in [-0.3, -0.25) is 9.59 Å². The Balaban J connectivity index is 2.04. The summed E-state index contributed by atoms with van der Waals surface area (Å²) in [6.45, 7) is -0.190. The van der Waals surface area contributed by atoms with Crippen molar-refractivity contribution in [3.8, 4) is 5.75 Å². The van der Waals surface area contributed by atoms with Crippen molar-refractivity contribution < 1.29 is 14.3 Å². The maximum atomic E-state index is 12.1. The van der Waals surface area contributed by atoms with Crippen molar-refractivity contribution in [3.63, 3.8) is 0 Å². The Bertz CT molecular complexity index is 765. The maximum absolute atomic E-state index is 12.1. The van der Waals surface area contributed by atoms with Crippen LogP contribution in [-0.2, 0) is 4.79 Å². The summed E-state index contributed by atoms with van der Waals surface area (Å²) in [6, 6.07) is 11.8. The van der Waals surface area contributed by atoms with Crippen molar-refractivity contribution in [2.75, 3.05) is 26.0 Å². The van der Waals surface area contributed by atoms with Gasteiger partial charge in [0.1, 0.15) is 5.75 Å². The number of nitrogens with zero attached hydrogens (tertiary/aromatic N) is 1. The van der Waals surface area contributed by atoms with Gasteiger partial charge in [-0.15, -0.1) is 0 Å². The average Bonchev–Trinajstić information content (AvgIpc) is 2.53. The molecule has 0 aromatic heterocycles. The molecule has 7 heteroatoms. The third kappa shape index (κ3) is 4.72. The lowest BCUT2D eigenvalue weighted by Crippen LogP contribution is -2.25. The Labute approximate surface area is 153 Å². The van der Waals surface area contributed by atoms with E-state index in [2.05, 4.69) is 21.2 Å². The molecule has 1 N–H and O–H groups in total. The van der Waals surface area contributed by atoms with E-state index in [-0.39, 0.29) is 18.4 Å². The molecule has 2 aromatic carbocycles. The van der Waals surface area contributed by atoms with Crippen molar-refractivity contribution >= 4 is 45.0 Å². The SMILES string of the molecule is CN(C)C(=O)c1ccccc1NC(=O)COc1ccc(Cl)cc1Br. The molecule has 0 unspecified atom stereocenters. The van der Waals surface area contributed by atoms with Gasteiger partial charge in [0.15, 0.2) is 6.61 Å². The molecule has 5 nitrogen and oxygen atoms in total. The molecule has 0 radical (unpaired) electrons. The van der Waals surface area contributed by atoms with Gasteiger partial charge in [0.05, 0.1) is 15.7 Å². The number of rotatable bonds is 5. The summed E-state index contributed by atoms with van der Waals surface area (Å²) in [7, 11) is 3.31. The molecule has 0 atom stereocenters. The number of benzene rings is 2. The normalized spacial score (nSPS) is 10.2. The smallest absolute Gasteiger partial charge is 0.262 e. The molecule has 0 fully saturated rings. The highest BCUT2D eigenvalue weighted by molar-refractivity contribution is 9.10. The molecule has 2 rings (SSSR count). The van der Waals surface area contributed by atoms with E-state index in [9.17, 15) is 9.59 Å². The summed E-state index contributed by atoms with van der Waals surface area (Å²) in [5.41, 5.74) is 0.864. The predicted octanol–water partition coefficient (Wildman–Crippen LogP) is 3.82. The quantitative estimate of drug-likeness (QED) is 0.813. The molecule has 0 aliphatic heterocycles. The first-order valence-electron chi connectivity index (χ1n) is 7.07. The van der Waals surface area contributed by atoms with Crippen LogP contribution in [0, 0.1) is 0 Å². The van der Waals surface area contributed by atoms with Crippen LogP contribution >= 0.6 is 27.5 Å². The second-order valence-electron chi connectivity index (χ2n) is 5.16. The number of amides is 2. The van der Waals surface area contributed by atoms with Crippen molar-refractivity contribution in [2.24, 2.45) is 0 Å². The van der Waals surface area contributed by atoms with E-state index in [1.165, 1.54) is 4.90 Å². The van der Waals surface area contributed by atoms with Gasteiger partial charge in [0.25, 0.3) is 11.8 Å². The zero-order valence-corrected chi connectivity index (χ0v) is 15.5. The molecular weight excluding hydrogens is 396 g/mol. The highest BCUT2D eigenvalue weighted by Crippen LogP contribution is 2.28. The Morgan fingerprint density at radius 3 is 2.58 bits per heavy atom. The van der Waals surface area contributed by atoms with Crippen LogP contribution in [0.15, 0.2) is 46.9 Å². The van der Waals surface area contributed by atoms with Crippen LogP contribution in [0.4, 0.5) is 5.69 Å². The predicted molar refractivity (Wildman–Crippen MR) is 97.7 cm³/mol. The molecule has 0 saturated heterocycles. The molecule has 0 spiro atoms. The number of carbonyl (C=O) groups excluding carboxylic acids is 2. The van der Waals surface area contributed by atoms with Gasteiger partial charge >= 0.3 is 0 Å². The van der Waals surface area contributed by atoms with E-state index in [1.807, 2.05) is 0 Å². The van der Waals surface area contributed by atoms with Gasteiger partial charge in [-0.2, -0.15) is 0 Å². The minimum atomic E-state index is -0.365. The Kier molecular flexibility index (Phi) is 6.23. The number of hydrogen-bond donors (Lipinski definition) is 1. The molecule has 126 valence electrons. The van der Waals surface area contributed by atoms with E-state index >= 15 is 0 Å². The van der Waals surface area contributed by atoms with Crippen LogP contribution in [0.2, 0.25) is 5.02 Å². The minimum Gasteiger partial charge on any atom is -0.483 e. The third-order valence-electron chi connectivity index (χ3n) is 3.09. The van der Waals surface area contributed by atoms with Crippen LogP contribution in [0.25, 0.3) is 0 Å². The number of halogens is 2. The van der Waals surface area contributed by atoms with Gasteiger partial charge in [-0.25, -0.2) is 0 Å². The number of para-hydroxylation sites is 1. The van der Waals surface area contributed by atoms with E-state index < -0.39 is 0 Å². The third-order valence-corrected chi connectivity index (χ3v) is 3.95. The summed E-state index contributed by atoms with van der Waals surface area (Å²) in [5.74, 6) is -0.0460. The van der Waals surface area contributed by atoms with E-state index in [0.29, 0.717) is 26.5 Å². The molecule has 0 aliphatic carbocycles. The number of hydrogen-bond acceptors (Lipinski definition) is 3. The number of nitrogens with one attached hydrogen (secondary N) is 1. The van der Waals surface area contributed by atoms with Gasteiger partial charge in [-0.05, 0) is 46.3 Å². The highest BCUT2D eigenvalue weighted by Gasteiger charge is 2.15. The highest BCUT2D eigenvalue weighted by atomic mass is 79.9. The molecule has 0 saturated carbocycles. The number of ether oxygens (including phenoxy) is 1. The first-order valence-corrected chi connectivity index (χ1v) is 8.24. The van der Waals surface area contributed by atoms with Crippen molar-refractivity contribution in [1.82, 2.24) is 4.90 Å². The summed E-state index contributed by atoms with van der Waals surface area (Å²) in [6.07, 6.45) is 0. The van der Waals surface area contributed by atoms with Crippen LogP contribution in [0.3, 0.4) is 0 Å². The lowest BCUT2D eigenvalue weighted by atomic mass is 10.1.